The lowest BCUT2D eigenvalue weighted by molar-refractivity contribution is -0.148. The molecule has 1 aliphatic heterocycles. The summed E-state index contributed by atoms with van der Waals surface area (Å²) >= 11 is 0. The predicted octanol–water partition coefficient (Wildman–Crippen LogP) is 0.289. The number of piperidine rings is 1. The van der Waals surface area contributed by atoms with E-state index in [1.807, 2.05) is 0 Å². The van der Waals surface area contributed by atoms with Gasteiger partial charge in [0.25, 0.3) is 5.91 Å². The molecule has 1 aromatic rings. The molecule has 0 saturated carbocycles. The van der Waals surface area contributed by atoms with Crippen LogP contribution in [-0.2, 0) is 9.59 Å². The number of benzene rings is 1. The molecule has 0 radical (unpaired) electrons. The molecule has 0 spiro atoms. The second-order valence-corrected chi connectivity index (χ2v) is 5.53. The summed E-state index contributed by atoms with van der Waals surface area (Å²) in [6, 6.07) is 6.16. The monoisotopic (exact) mass is 319 g/mol. The van der Waals surface area contributed by atoms with Crippen LogP contribution in [0.1, 0.15) is 36.0 Å². The van der Waals surface area contributed by atoms with Crippen molar-refractivity contribution >= 4 is 23.4 Å². The zero-order chi connectivity index (χ0) is 16.8. The SMILES string of the molecule is Nc1ccccc1C(=O)NC(=O)C(=O)N1CCCCC1CCO. The molecule has 1 atom stereocenters. The van der Waals surface area contributed by atoms with Crippen LogP contribution in [0.2, 0.25) is 0 Å². The van der Waals surface area contributed by atoms with Crippen molar-refractivity contribution in [3.05, 3.63) is 29.8 Å². The van der Waals surface area contributed by atoms with E-state index in [1.165, 1.54) is 11.0 Å². The van der Waals surface area contributed by atoms with Crippen molar-refractivity contribution in [2.45, 2.75) is 31.7 Å². The number of likely N-dealkylation sites (tertiary alicyclic amines) is 1. The molecule has 1 heterocycles. The van der Waals surface area contributed by atoms with Crippen LogP contribution in [0.5, 0.6) is 0 Å². The number of nitrogen functional groups attached to an aromatic ring is 1. The molecule has 2 rings (SSSR count). The zero-order valence-corrected chi connectivity index (χ0v) is 12.8. The van der Waals surface area contributed by atoms with E-state index in [4.69, 9.17) is 10.8 Å². The Labute approximate surface area is 134 Å². The normalized spacial score (nSPS) is 17.6. The number of carbonyl (C=O) groups excluding carboxylic acids is 3. The van der Waals surface area contributed by atoms with Gasteiger partial charge in [-0.2, -0.15) is 0 Å². The molecule has 4 N–H and O–H groups in total. The Bertz CT molecular complexity index is 601. The Balaban J connectivity index is 2.03. The van der Waals surface area contributed by atoms with Gasteiger partial charge in [-0.25, -0.2) is 0 Å². The van der Waals surface area contributed by atoms with Crippen molar-refractivity contribution < 1.29 is 19.5 Å². The highest BCUT2D eigenvalue weighted by Gasteiger charge is 2.31. The van der Waals surface area contributed by atoms with Crippen LogP contribution in [0.25, 0.3) is 0 Å². The van der Waals surface area contributed by atoms with E-state index in [-0.39, 0.29) is 23.9 Å². The summed E-state index contributed by atoms with van der Waals surface area (Å²) in [5.41, 5.74) is 6.07. The maximum Gasteiger partial charge on any atom is 0.316 e. The molecule has 1 saturated heterocycles. The Hall–Kier alpha value is -2.41. The minimum atomic E-state index is -0.969. The Morgan fingerprint density at radius 3 is 2.70 bits per heavy atom. The summed E-state index contributed by atoms with van der Waals surface area (Å²) in [5.74, 6) is -2.41. The lowest BCUT2D eigenvalue weighted by atomic mass is 9.99. The standard InChI is InChI=1S/C16H21N3O4/c17-13-7-2-1-6-12(13)14(21)18-15(22)16(23)19-9-4-3-5-11(19)8-10-20/h1-2,6-7,11,20H,3-5,8-10,17H2,(H,18,21,22). The van der Waals surface area contributed by atoms with Crippen molar-refractivity contribution in [1.29, 1.82) is 0 Å². The largest absolute Gasteiger partial charge is 0.398 e. The highest BCUT2D eigenvalue weighted by Crippen LogP contribution is 2.19. The van der Waals surface area contributed by atoms with Crippen LogP contribution in [0.4, 0.5) is 5.69 Å². The van der Waals surface area contributed by atoms with Crippen LogP contribution >= 0.6 is 0 Å². The Kier molecular flexibility index (Phi) is 5.70. The number of aliphatic hydroxyl groups excluding tert-OH is 1. The third kappa shape index (κ3) is 4.07. The van der Waals surface area contributed by atoms with Crippen LogP contribution in [0.3, 0.4) is 0 Å². The van der Waals surface area contributed by atoms with E-state index in [9.17, 15) is 14.4 Å². The molecule has 0 aromatic heterocycles. The summed E-state index contributed by atoms with van der Waals surface area (Å²) in [5, 5.41) is 11.2. The van der Waals surface area contributed by atoms with Crippen LogP contribution < -0.4 is 11.1 Å². The van der Waals surface area contributed by atoms with E-state index < -0.39 is 17.7 Å². The molecule has 0 aliphatic carbocycles. The molecule has 0 bridgehead atoms. The molecule has 7 heteroatoms. The fraction of sp³-hybridized carbons (Fsp3) is 0.438. The molecule has 23 heavy (non-hydrogen) atoms. The average molecular weight is 319 g/mol. The first-order valence-electron chi connectivity index (χ1n) is 7.66. The van der Waals surface area contributed by atoms with Crippen molar-refractivity contribution in [3.63, 3.8) is 0 Å². The van der Waals surface area contributed by atoms with Crippen LogP contribution in [0, 0.1) is 0 Å². The topological polar surface area (TPSA) is 113 Å². The number of para-hydroxylation sites is 1. The van der Waals surface area contributed by atoms with Gasteiger partial charge < -0.3 is 15.7 Å². The zero-order valence-electron chi connectivity index (χ0n) is 12.8. The number of nitrogens with two attached hydrogens (primary N) is 1. The van der Waals surface area contributed by atoms with E-state index >= 15 is 0 Å². The van der Waals surface area contributed by atoms with Gasteiger partial charge in [0, 0.05) is 24.9 Å². The molecule has 1 unspecified atom stereocenters. The van der Waals surface area contributed by atoms with Gasteiger partial charge >= 0.3 is 11.8 Å². The van der Waals surface area contributed by atoms with Gasteiger partial charge in [0.05, 0.1) is 5.56 Å². The maximum absolute atomic E-state index is 12.3. The van der Waals surface area contributed by atoms with Crippen molar-refractivity contribution in [3.8, 4) is 0 Å². The third-order valence-corrected chi connectivity index (χ3v) is 3.98. The van der Waals surface area contributed by atoms with Gasteiger partial charge in [-0.1, -0.05) is 12.1 Å². The number of hydrogen-bond donors (Lipinski definition) is 3. The van der Waals surface area contributed by atoms with Gasteiger partial charge in [-0.05, 0) is 37.8 Å². The molecule has 3 amide bonds. The van der Waals surface area contributed by atoms with Crippen molar-refractivity contribution in [2.24, 2.45) is 0 Å². The number of nitrogens with zero attached hydrogens (tertiary/aromatic N) is 1. The van der Waals surface area contributed by atoms with Gasteiger partial charge in [0.1, 0.15) is 0 Å². The summed E-state index contributed by atoms with van der Waals surface area (Å²) in [6.07, 6.45) is 2.94. The second-order valence-electron chi connectivity index (χ2n) is 5.53. The van der Waals surface area contributed by atoms with Gasteiger partial charge in [0.15, 0.2) is 0 Å². The predicted molar refractivity (Wildman–Crippen MR) is 84.4 cm³/mol. The lowest BCUT2D eigenvalue weighted by Crippen LogP contribution is -2.51. The first kappa shape index (κ1) is 17.0. The highest BCUT2D eigenvalue weighted by molar-refractivity contribution is 6.38. The Morgan fingerprint density at radius 1 is 1.26 bits per heavy atom. The number of hydrogen-bond acceptors (Lipinski definition) is 5. The van der Waals surface area contributed by atoms with E-state index in [2.05, 4.69) is 5.32 Å². The molecule has 1 fully saturated rings. The highest BCUT2D eigenvalue weighted by atomic mass is 16.3. The van der Waals surface area contributed by atoms with Crippen LogP contribution in [0.15, 0.2) is 24.3 Å². The summed E-state index contributed by atoms with van der Waals surface area (Å²) in [6.45, 7) is 0.411. The number of imide groups is 1. The number of aliphatic hydroxyl groups is 1. The minimum absolute atomic E-state index is 0.0461. The smallest absolute Gasteiger partial charge is 0.316 e. The third-order valence-electron chi connectivity index (χ3n) is 3.98. The fourth-order valence-corrected chi connectivity index (χ4v) is 2.78. The van der Waals surface area contributed by atoms with E-state index in [0.717, 1.165) is 19.3 Å². The molecule has 124 valence electrons. The first-order chi connectivity index (χ1) is 11.0. The van der Waals surface area contributed by atoms with Crippen LogP contribution in [-0.4, -0.2) is 46.9 Å². The second kappa shape index (κ2) is 7.73. The van der Waals surface area contributed by atoms with Crippen molar-refractivity contribution in [2.75, 3.05) is 18.9 Å². The number of carbonyl (C=O) groups is 3. The summed E-state index contributed by atoms with van der Waals surface area (Å²) < 4.78 is 0. The first-order valence-corrected chi connectivity index (χ1v) is 7.66. The number of amides is 3. The Morgan fingerprint density at radius 2 is 2.00 bits per heavy atom. The average Bonchev–Trinajstić information content (AvgIpc) is 2.55. The minimum Gasteiger partial charge on any atom is -0.398 e. The molecular weight excluding hydrogens is 298 g/mol. The number of anilines is 1. The van der Waals surface area contributed by atoms with Gasteiger partial charge in [-0.3, -0.25) is 19.7 Å². The summed E-state index contributed by atoms with van der Waals surface area (Å²) in [4.78, 5) is 37.8. The quantitative estimate of drug-likeness (QED) is 0.547. The lowest BCUT2D eigenvalue weighted by Gasteiger charge is -2.34. The molecule has 7 nitrogen and oxygen atoms in total. The molecular formula is C16H21N3O4. The molecule has 1 aliphatic rings. The van der Waals surface area contributed by atoms with Gasteiger partial charge in [0.2, 0.25) is 0 Å². The number of rotatable bonds is 3. The summed E-state index contributed by atoms with van der Waals surface area (Å²) in [7, 11) is 0. The number of nitrogens with one attached hydrogen (secondary N) is 1. The van der Waals surface area contributed by atoms with E-state index in [1.54, 1.807) is 18.2 Å². The fourth-order valence-electron chi connectivity index (χ4n) is 2.78. The maximum atomic E-state index is 12.3. The molecule has 1 aromatic carbocycles. The van der Waals surface area contributed by atoms with Crippen molar-refractivity contribution in [1.82, 2.24) is 10.2 Å². The van der Waals surface area contributed by atoms with Gasteiger partial charge in [-0.15, -0.1) is 0 Å². The van der Waals surface area contributed by atoms with E-state index in [0.29, 0.717) is 13.0 Å².